The Morgan fingerprint density at radius 1 is 0.353 bits per heavy atom. The lowest BCUT2D eigenvalue weighted by Gasteiger charge is -2.11. The van der Waals surface area contributed by atoms with Crippen LogP contribution in [0.3, 0.4) is 0 Å². The highest BCUT2D eigenvalue weighted by atomic mass is 32.1. The summed E-state index contributed by atoms with van der Waals surface area (Å²) in [7, 11) is 0. The maximum absolute atomic E-state index is 2.47. The number of hydrogen-bond acceptors (Lipinski definition) is 1. The van der Waals surface area contributed by atoms with Crippen molar-refractivity contribution in [1.82, 2.24) is 9.13 Å². The highest BCUT2D eigenvalue weighted by Crippen LogP contribution is 2.44. The van der Waals surface area contributed by atoms with Gasteiger partial charge in [-0.1, -0.05) is 133 Å². The van der Waals surface area contributed by atoms with Crippen LogP contribution in [0.2, 0.25) is 0 Å². The van der Waals surface area contributed by atoms with Crippen molar-refractivity contribution in [2.24, 2.45) is 0 Å². The normalized spacial score (nSPS) is 11.9. The zero-order chi connectivity index (χ0) is 33.5. The minimum absolute atomic E-state index is 1.15. The fraction of sp³-hybridized carbons (Fsp3) is 0. The Morgan fingerprint density at radius 2 is 1.02 bits per heavy atom. The molecule has 2 nitrogen and oxygen atoms in total. The van der Waals surface area contributed by atoms with Gasteiger partial charge in [0.05, 0.1) is 22.1 Å². The van der Waals surface area contributed by atoms with E-state index in [1.807, 2.05) is 11.3 Å². The number of thiophene rings is 1. The summed E-state index contributed by atoms with van der Waals surface area (Å²) in [6.07, 6.45) is 0. The summed E-state index contributed by atoms with van der Waals surface area (Å²) in [5, 5.41) is 7.69. The zero-order valence-corrected chi connectivity index (χ0v) is 28.4. The summed E-state index contributed by atoms with van der Waals surface area (Å²) < 4.78 is 7.59. The monoisotopic (exact) mass is 666 g/mol. The molecule has 0 atom stereocenters. The second-order valence-electron chi connectivity index (χ2n) is 13.3. The van der Waals surface area contributed by atoms with Gasteiger partial charge in [0.25, 0.3) is 0 Å². The molecule has 0 spiro atoms. The lowest BCUT2D eigenvalue weighted by molar-refractivity contribution is 1.17. The maximum atomic E-state index is 2.47. The molecule has 0 unspecified atom stereocenters. The number of rotatable bonds is 4. The fourth-order valence-electron chi connectivity index (χ4n) is 8.25. The Hall–Kier alpha value is -6.42. The molecule has 51 heavy (non-hydrogen) atoms. The molecular formula is C48H30N2S. The van der Waals surface area contributed by atoms with Crippen molar-refractivity contribution >= 4 is 75.1 Å². The van der Waals surface area contributed by atoms with Crippen LogP contribution in [0.25, 0.3) is 97.4 Å². The first-order valence-corrected chi connectivity index (χ1v) is 18.3. The van der Waals surface area contributed by atoms with E-state index in [0.717, 1.165) is 11.4 Å². The van der Waals surface area contributed by atoms with Gasteiger partial charge in [-0.05, 0) is 70.8 Å². The average Bonchev–Trinajstić information content (AvgIpc) is 3.86. The Bertz CT molecular complexity index is 3110. The van der Waals surface area contributed by atoms with Gasteiger partial charge >= 0.3 is 0 Å². The van der Waals surface area contributed by atoms with Crippen LogP contribution >= 0.6 is 11.3 Å². The number of para-hydroxylation sites is 2. The van der Waals surface area contributed by atoms with E-state index in [2.05, 4.69) is 191 Å². The molecule has 0 N–H and O–H groups in total. The van der Waals surface area contributed by atoms with E-state index in [1.54, 1.807) is 0 Å². The van der Waals surface area contributed by atoms with E-state index >= 15 is 0 Å². The van der Waals surface area contributed by atoms with Crippen LogP contribution in [0.1, 0.15) is 0 Å². The molecule has 0 aliphatic carbocycles. The molecular weight excluding hydrogens is 637 g/mol. The second kappa shape index (κ2) is 11.0. The van der Waals surface area contributed by atoms with Crippen LogP contribution in [0.5, 0.6) is 0 Å². The van der Waals surface area contributed by atoms with Gasteiger partial charge in [0, 0.05) is 53.1 Å². The van der Waals surface area contributed by atoms with Crippen LogP contribution < -0.4 is 0 Å². The number of aromatic nitrogens is 2. The Labute approximate surface area is 298 Å². The van der Waals surface area contributed by atoms with Gasteiger partial charge in [-0.2, -0.15) is 0 Å². The van der Waals surface area contributed by atoms with E-state index in [0.29, 0.717) is 0 Å². The fourth-order valence-corrected chi connectivity index (χ4v) is 9.49. The molecule has 3 aromatic heterocycles. The Balaban J connectivity index is 1.20. The van der Waals surface area contributed by atoms with E-state index in [4.69, 9.17) is 0 Å². The highest BCUT2D eigenvalue weighted by molar-refractivity contribution is 7.26. The minimum atomic E-state index is 1.15. The first-order chi connectivity index (χ1) is 25.3. The third kappa shape index (κ3) is 4.22. The van der Waals surface area contributed by atoms with Crippen LogP contribution in [-0.2, 0) is 0 Å². The zero-order valence-electron chi connectivity index (χ0n) is 27.6. The molecule has 0 saturated carbocycles. The number of fused-ring (bicyclic) bond motifs is 10. The number of benzene rings is 8. The number of hydrogen-bond donors (Lipinski definition) is 0. The van der Waals surface area contributed by atoms with Gasteiger partial charge < -0.3 is 9.13 Å². The first-order valence-electron chi connectivity index (χ1n) is 17.4. The van der Waals surface area contributed by atoms with E-state index < -0.39 is 0 Å². The maximum Gasteiger partial charge on any atom is 0.0641 e. The average molecular weight is 667 g/mol. The van der Waals surface area contributed by atoms with Crippen LogP contribution in [0.15, 0.2) is 182 Å². The molecule has 0 bridgehead atoms. The summed E-state index contributed by atoms with van der Waals surface area (Å²) in [5.74, 6) is 0. The predicted octanol–water partition coefficient (Wildman–Crippen LogP) is 13.6. The lowest BCUT2D eigenvalue weighted by atomic mass is 10.0. The van der Waals surface area contributed by atoms with E-state index in [9.17, 15) is 0 Å². The van der Waals surface area contributed by atoms with Crippen molar-refractivity contribution in [2.45, 2.75) is 0 Å². The van der Waals surface area contributed by atoms with Gasteiger partial charge in [-0.25, -0.2) is 0 Å². The summed E-state index contributed by atoms with van der Waals surface area (Å²) >= 11 is 1.88. The molecule has 0 fully saturated rings. The number of nitrogens with zero attached hydrogens (tertiary/aromatic N) is 2. The molecule has 0 amide bonds. The molecule has 0 radical (unpaired) electrons. The van der Waals surface area contributed by atoms with Crippen LogP contribution in [-0.4, -0.2) is 9.13 Å². The molecule has 3 heterocycles. The van der Waals surface area contributed by atoms with E-state index in [1.165, 1.54) is 86.0 Å². The SMILES string of the molecule is c1ccc(-c2ccc3c4c(ccc5c6ccccc6n(-c6ccccc6)c54)n(-c4ccc(-c5cccc6c5sc5ccccc56)cc4)c3c2)cc1. The summed E-state index contributed by atoms with van der Waals surface area (Å²) in [6, 6.07) is 66.6. The minimum Gasteiger partial charge on any atom is -0.309 e. The highest BCUT2D eigenvalue weighted by Gasteiger charge is 2.21. The van der Waals surface area contributed by atoms with E-state index in [-0.39, 0.29) is 0 Å². The standard InChI is InChI=1S/C48H30N2S/c1-3-12-31(13-4-1)33-24-27-41-44(30-33)49(35-25-22-32(23-26-35)36-18-11-19-40-38-17-8-10-21-45(38)51-48(36)40)43-29-28-39-37-16-7-9-20-42(37)50(47(39)46(41)43)34-14-5-2-6-15-34/h1-30H. The van der Waals surface area contributed by atoms with Crippen LogP contribution in [0.4, 0.5) is 0 Å². The van der Waals surface area contributed by atoms with Crippen LogP contribution in [0, 0.1) is 0 Å². The second-order valence-corrected chi connectivity index (χ2v) is 14.4. The molecule has 238 valence electrons. The molecule has 0 aliphatic rings. The quantitative estimate of drug-likeness (QED) is 0.177. The van der Waals surface area contributed by atoms with Crippen molar-refractivity contribution in [3.8, 4) is 33.6 Å². The Kier molecular flexibility index (Phi) is 6.16. The van der Waals surface area contributed by atoms with Gasteiger partial charge in [0.1, 0.15) is 0 Å². The van der Waals surface area contributed by atoms with Gasteiger partial charge in [-0.15, -0.1) is 11.3 Å². The topological polar surface area (TPSA) is 9.86 Å². The smallest absolute Gasteiger partial charge is 0.0641 e. The molecule has 0 saturated heterocycles. The molecule has 8 aromatic carbocycles. The third-order valence-corrected chi connectivity index (χ3v) is 11.7. The van der Waals surface area contributed by atoms with Crippen molar-refractivity contribution in [3.63, 3.8) is 0 Å². The first kappa shape index (κ1) is 28.4. The van der Waals surface area contributed by atoms with Crippen molar-refractivity contribution in [1.29, 1.82) is 0 Å². The lowest BCUT2D eigenvalue weighted by Crippen LogP contribution is -1.95. The summed E-state index contributed by atoms with van der Waals surface area (Å²) in [5.41, 5.74) is 12.1. The Morgan fingerprint density at radius 3 is 1.86 bits per heavy atom. The predicted molar refractivity (Wildman–Crippen MR) is 219 cm³/mol. The van der Waals surface area contributed by atoms with Crippen molar-refractivity contribution in [2.75, 3.05) is 0 Å². The molecule has 11 aromatic rings. The summed E-state index contributed by atoms with van der Waals surface area (Å²) in [6.45, 7) is 0. The van der Waals surface area contributed by atoms with Gasteiger partial charge in [0.2, 0.25) is 0 Å². The van der Waals surface area contributed by atoms with Crippen molar-refractivity contribution < 1.29 is 0 Å². The summed E-state index contributed by atoms with van der Waals surface area (Å²) in [4.78, 5) is 0. The van der Waals surface area contributed by atoms with Gasteiger partial charge in [-0.3, -0.25) is 0 Å². The largest absolute Gasteiger partial charge is 0.309 e. The molecule has 11 rings (SSSR count). The van der Waals surface area contributed by atoms with Gasteiger partial charge in [0.15, 0.2) is 0 Å². The van der Waals surface area contributed by atoms with Crippen molar-refractivity contribution in [3.05, 3.63) is 182 Å². The third-order valence-electron chi connectivity index (χ3n) is 10.5. The molecule has 3 heteroatoms. The molecule has 0 aliphatic heterocycles.